The fraction of sp³-hybridized carbons (Fsp3) is 0.519. The number of nitrogens with two attached hydrogens (primary N) is 1. The van der Waals surface area contributed by atoms with Gasteiger partial charge in [-0.15, -0.1) is 0 Å². The normalized spacial score (nSPS) is 17.1. The molecule has 2 fully saturated rings. The molecule has 0 atom stereocenters. The molecule has 2 aromatic heterocycles. The topological polar surface area (TPSA) is 85.3 Å². The molecule has 1 aromatic carbocycles. The van der Waals surface area contributed by atoms with Gasteiger partial charge in [0.2, 0.25) is 5.75 Å². The van der Waals surface area contributed by atoms with Gasteiger partial charge in [0.05, 0.1) is 12.3 Å². The molecule has 0 bridgehead atoms. The first-order valence-electron chi connectivity index (χ1n) is 13.1. The molecular formula is C27H36FN7O. The molecule has 0 spiro atoms. The number of piperidine rings is 1. The van der Waals surface area contributed by atoms with Crippen molar-refractivity contribution >= 4 is 11.6 Å². The molecule has 3 aromatic rings. The van der Waals surface area contributed by atoms with Crippen molar-refractivity contribution in [3.63, 3.8) is 0 Å². The Morgan fingerprint density at radius 1 is 1.08 bits per heavy atom. The molecule has 2 aliphatic rings. The third-order valence-corrected chi connectivity index (χ3v) is 7.38. The molecule has 0 saturated carbocycles. The van der Waals surface area contributed by atoms with E-state index in [1.54, 1.807) is 6.92 Å². The zero-order chi connectivity index (χ0) is 25.1. The molecule has 4 heterocycles. The number of hydrogen-bond acceptors (Lipinski definition) is 7. The molecule has 9 heteroatoms. The largest absolute Gasteiger partial charge is 0.487 e. The van der Waals surface area contributed by atoms with Crippen molar-refractivity contribution in [3.05, 3.63) is 47.9 Å². The maximum Gasteiger partial charge on any atom is 0.204 e. The van der Waals surface area contributed by atoms with Crippen LogP contribution in [-0.4, -0.2) is 63.7 Å². The minimum Gasteiger partial charge on any atom is -0.487 e. The second-order valence-electron chi connectivity index (χ2n) is 9.80. The second-order valence-corrected chi connectivity index (χ2v) is 9.80. The number of nitrogen functional groups attached to an aromatic ring is 1. The lowest BCUT2D eigenvalue weighted by molar-refractivity contribution is 0.317. The molecule has 36 heavy (non-hydrogen) atoms. The SMILES string of the molecule is CCOc1c(N)ncnc1N1CCC(c2nc(-c3ccc(F)c(C)c3)cn2CCN2CCCC2)CC1. The van der Waals surface area contributed by atoms with Crippen LogP contribution < -0.4 is 15.4 Å². The summed E-state index contributed by atoms with van der Waals surface area (Å²) in [6.45, 7) is 10.2. The molecule has 2 N–H and O–H groups in total. The first kappa shape index (κ1) is 24.5. The van der Waals surface area contributed by atoms with Crippen molar-refractivity contribution in [2.45, 2.75) is 52.0 Å². The van der Waals surface area contributed by atoms with Gasteiger partial charge < -0.3 is 24.8 Å². The number of benzene rings is 1. The van der Waals surface area contributed by atoms with Gasteiger partial charge in [-0.05, 0) is 76.4 Å². The summed E-state index contributed by atoms with van der Waals surface area (Å²) in [5, 5.41) is 0. The Hall–Kier alpha value is -3.20. The lowest BCUT2D eigenvalue weighted by Gasteiger charge is -2.33. The van der Waals surface area contributed by atoms with Crippen LogP contribution in [0.3, 0.4) is 0 Å². The summed E-state index contributed by atoms with van der Waals surface area (Å²) < 4.78 is 22.0. The highest BCUT2D eigenvalue weighted by atomic mass is 19.1. The van der Waals surface area contributed by atoms with Crippen LogP contribution in [0.1, 0.15) is 49.9 Å². The molecule has 0 radical (unpaired) electrons. The Labute approximate surface area is 212 Å². The van der Waals surface area contributed by atoms with Gasteiger partial charge >= 0.3 is 0 Å². The Morgan fingerprint density at radius 3 is 2.58 bits per heavy atom. The van der Waals surface area contributed by atoms with E-state index in [4.69, 9.17) is 15.5 Å². The highest BCUT2D eigenvalue weighted by Gasteiger charge is 2.28. The average molecular weight is 494 g/mol. The van der Waals surface area contributed by atoms with Gasteiger partial charge in [-0.3, -0.25) is 0 Å². The van der Waals surface area contributed by atoms with Crippen LogP contribution in [0.5, 0.6) is 5.75 Å². The van der Waals surface area contributed by atoms with Crippen LogP contribution in [0.2, 0.25) is 0 Å². The highest BCUT2D eigenvalue weighted by molar-refractivity contribution is 5.63. The minimum absolute atomic E-state index is 0.184. The molecule has 2 saturated heterocycles. The van der Waals surface area contributed by atoms with Crippen molar-refractivity contribution in [1.82, 2.24) is 24.4 Å². The van der Waals surface area contributed by atoms with E-state index in [9.17, 15) is 4.39 Å². The van der Waals surface area contributed by atoms with Crippen LogP contribution >= 0.6 is 0 Å². The molecule has 0 aliphatic carbocycles. The number of anilines is 2. The van der Waals surface area contributed by atoms with Crippen molar-refractivity contribution < 1.29 is 9.13 Å². The van der Waals surface area contributed by atoms with E-state index in [2.05, 4.69) is 30.5 Å². The Balaban J connectivity index is 1.36. The molecule has 0 amide bonds. The third kappa shape index (κ3) is 5.16. The van der Waals surface area contributed by atoms with Gasteiger partial charge in [0.25, 0.3) is 0 Å². The number of aryl methyl sites for hydroxylation is 1. The van der Waals surface area contributed by atoms with Crippen molar-refractivity contribution in [1.29, 1.82) is 0 Å². The molecule has 0 unspecified atom stereocenters. The van der Waals surface area contributed by atoms with Gasteiger partial charge in [-0.1, -0.05) is 0 Å². The van der Waals surface area contributed by atoms with Gasteiger partial charge in [0.15, 0.2) is 11.6 Å². The smallest absolute Gasteiger partial charge is 0.204 e. The Bertz CT molecular complexity index is 1180. The van der Waals surface area contributed by atoms with E-state index in [0.717, 1.165) is 61.9 Å². The Kier molecular flexibility index (Phi) is 7.36. The fourth-order valence-corrected chi connectivity index (χ4v) is 5.37. The van der Waals surface area contributed by atoms with E-state index in [1.807, 2.05) is 19.1 Å². The van der Waals surface area contributed by atoms with Gasteiger partial charge in [0, 0.05) is 43.9 Å². The summed E-state index contributed by atoms with van der Waals surface area (Å²) in [7, 11) is 0. The highest BCUT2D eigenvalue weighted by Crippen LogP contribution is 2.36. The monoisotopic (exact) mass is 493 g/mol. The number of nitrogens with zero attached hydrogens (tertiary/aromatic N) is 6. The standard InChI is InChI=1S/C27H36FN7O/c1-3-36-24-25(29)30-18-31-27(24)34-12-8-20(9-13-34)26-32-23(21-6-7-22(28)19(2)16-21)17-35(26)15-14-33-10-4-5-11-33/h6-7,16-18,20H,3-5,8-15H2,1-2H3,(H2,29,30,31). The van der Waals surface area contributed by atoms with Gasteiger partial charge in [-0.25, -0.2) is 19.3 Å². The zero-order valence-corrected chi connectivity index (χ0v) is 21.3. The maximum absolute atomic E-state index is 13.9. The molecule has 2 aliphatic heterocycles. The molecular weight excluding hydrogens is 457 g/mol. The molecule has 8 nitrogen and oxygen atoms in total. The van der Waals surface area contributed by atoms with Crippen molar-refractivity contribution in [2.75, 3.05) is 50.0 Å². The van der Waals surface area contributed by atoms with Gasteiger partial charge in [0.1, 0.15) is 18.0 Å². The second kappa shape index (κ2) is 10.8. The number of hydrogen-bond donors (Lipinski definition) is 1. The van der Waals surface area contributed by atoms with Crippen LogP contribution in [0.15, 0.2) is 30.7 Å². The number of likely N-dealkylation sites (tertiary alicyclic amines) is 1. The van der Waals surface area contributed by atoms with E-state index >= 15 is 0 Å². The van der Waals surface area contributed by atoms with E-state index in [0.29, 0.717) is 29.7 Å². The average Bonchev–Trinajstić information content (AvgIpc) is 3.56. The summed E-state index contributed by atoms with van der Waals surface area (Å²) in [5.74, 6) is 2.99. The predicted molar refractivity (Wildman–Crippen MR) is 140 cm³/mol. The van der Waals surface area contributed by atoms with Crippen molar-refractivity contribution in [2.24, 2.45) is 0 Å². The fourth-order valence-electron chi connectivity index (χ4n) is 5.37. The number of halogens is 1. The van der Waals surface area contributed by atoms with Crippen LogP contribution in [-0.2, 0) is 6.54 Å². The number of rotatable bonds is 8. The predicted octanol–water partition coefficient (Wildman–Crippen LogP) is 4.25. The molecule has 192 valence electrons. The first-order chi connectivity index (χ1) is 17.5. The molecule has 5 rings (SSSR count). The summed E-state index contributed by atoms with van der Waals surface area (Å²) in [4.78, 5) is 18.5. The summed E-state index contributed by atoms with van der Waals surface area (Å²) in [6, 6.07) is 5.26. The van der Waals surface area contributed by atoms with E-state index < -0.39 is 0 Å². The Morgan fingerprint density at radius 2 is 1.86 bits per heavy atom. The maximum atomic E-state index is 13.9. The minimum atomic E-state index is -0.184. The first-order valence-corrected chi connectivity index (χ1v) is 13.1. The lowest BCUT2D eigenvalue weighted by Crippen LogP contribution is -2.35. The number of aromatic nitrogens is 4. The number of imidazole rings is 1. The summed E-state index contributed by atoms with van der Waals surface area (Å²) in [5.41, 5.74) is 8.59. The number of ether oxygens (including phenoxy) is 1. The summed E-state index contributed by atoms with van der Waals surface area (Å²) >= 11 is 0. The van der Waals surface area contributed by atoms with Crippen LogP contribution in [0.25, 0.3) is 11.3 Å². The van der Waals surface area contributed by atoms with E-state index in [-0.39, 0.29) is 5.82 Å². The van der Waals surface area contributed by atoms with Crippen molar-refractivity contribution in [3.8, 4) is 17.0 Å². The van der Waals surface area contributed by atoms with Crippen LogP contribution in [0, 0.1) is 12.7 Å². The van der Waals surface area contributed by atoms with Gasteiger partial charge in [-0.2, -0.15) is 0 Å². The zero-order valence-electron chi connectivity index (χ0n) is 21.3. The lowest BCUT2D eigenvalue weighted by atomic mass is 9.95. The third-order valence-electron chi connectivity index (χ3n) is 7.38. The van der Waals surface area contributed by atoms with E-state index in [1.165, 1.54) is 38.3 Å². The quantitative estimate of drug-likeness (QED) is 0.502. The van der Waals surface area contributed by atoms with Crippen LogP contribution in [0.4, 0.5) is 16.0 Å². The summed E-state index contributed by atoms with van der Waals surface area (Å²) in [6.07, 6.45) is 8.14.